The van der Waals surface area contributed by atoms with Crippen LogP contribution in [-0.2, 0) is 0 Å². The number of aromatic nitrogens is 5. The lowest BCUT2D eigenvalue weighted by Crippen LogP contribution is -2.26. The number of ether oxygens (including phenoxy) is 1. The van der Waals surface area contributed by atoms with Crippen LogP contribution in [0.2, 0.25) is 0 Å². The molecule has 1 N–H and O–H groups in total. The highest BCUT2D eigenvalue weighted by atomic mass is 16.5. The molecule has 0 radical (unpaired) electrons. The van der Waals surface area contributed by atoms with E-state index in [1.807, 2.05) is 43.3 Å². The smallest absolute Gasteiger partial charge is 0.271 e. The van der Waals surface area contributed by atoms with Crippen LogP contribution in [-0.4, -0.2) is 37.7 Å². The number of methoxy groups -OCH3 is 1. The van der Waals surface area contributed by atoms with Gasteiger partial charge >= 0.3 is 0 Å². The first-order chi connectivity index (χ1) is 15.6. The minimum absolute atomic E-state index is 0.175. The second-order valence-corrected chi connectivity index (χ2v) is 7.77. The third-order valence-corrected chi connectivity index (χ3v) is 5.42. The Bertz CT molecular complexity index is 1230. The average Bonchev–Trinajstić information content (AvgIpc) is 3.35. The molecule has 1 aliphatic carbocycles. The number of carbonyl (C=O) groups excluding carboxylic acids is 1. The van der Waals surface area contributed by atoms with Gasteiger partial charge < -0.3 is 14.6 Å². The van der Waals surface area contributed by atoms with Crippen LogP contribution in [0.5, 0.6) is 5.75 Å². The second-order valence-electron chi connectivity index (χ2n) is 7.77. The fourth-order valence-electron chi connectivity index (χ4n) is 3.34. The summed E-state index contributed by atoms with van der Waals surface area (Å²) in [6, 6.07) is 11.1. The fourth-order valence-corrected chi connectivity index (χ4v) is 3.34. The molecule has 1 atom stereocenters. The van der Waals surface area contributed by atoms with Crippen molar-refractivity contribution in [1.29, 1.82) is 0 Å². The number of benzene rings is 1. The number of hydrogen-bond acceptors (Lipinski definition) is 7. The van der Waals surface area contributed by atoms with E-state index in [9.17, 15) is 4.79 Å². The van der Waals surface area contributed by atoms with E-state index in [1.165, 1.54) is 0 Å². The highest BCUT2D eigenvalue weighted by Crippen LogP contribution is 2.38. The van der Waals surface area contributed by atoms with Gasteiger partial charge in [-0.2, -0.15) is 4.98 Å². The molecule has 162 valence electrons. The number of rotatable bonds is 7. The van der Waals surface area contributed by atoms with Gasteiger partial charge in [-0.25, -0.2) is 9.97 Å². The average molecular weight is 430 g/mol. The zero-order chi connectivity index (χ0) is 22.1. The summed E-state index contributed by atoms with van der Waals surface area (Å²) in [4.78, 5) is 25.7. The molecular weight excluding hydrogens is 408 g/mol. The molecule has 0 spiro atoms. The zero-order valence-corrected chi connectivity index (χ0v) is 17.7. The monoisotopic (exact) mass is 430 g/mol. The Morgan fingerprint density at radius 1 is 1.19 bits per heavy atom. The molecule has 0 saturated heterocycles. The lowest BCUT2D eigenvalue weighted by Gasteiger charge is -2.13. The van der Waals surface area contributed by atoms with Crippen molar-refractivity contribution in [3.05, 3.63) is 72.2 Å². The van der Waals surface area contributed by atoms with Crippen molar-refractivity contribution in [2.45, 2.75) is 31.7 Å². The van der Waals surface area contributed by atoms with Crippen LogP contribution in [0.15, 0.2) is 59.6 Å². The van der Waals surface area contributed by atoms with Crippen LogP contribution in [0, 0.1) is 0 Å². The van der Waals surface area contributed by atoms with E-state index in [1.54, 1.807) is 30.4 Å². The Hall–Kier alpha value is -4.01. The summed E-state index contributed by atoms with van der Waals surface area (Å²) in [5.74, 6) is 2.80. The Balaban J connectivity index is 1.25. The Labute approximate surface area is 184 Å². The third-order valence-electron chi connectivity index (χ3n) is 5.42. The summed E-state index contributed by atoms with van der Waals surface area (Å²) in [6.07, 6.45) is 7.12. The van der Waals surface area contributed by atoms with Crippen molar-refractivity contribution in [1.82, 2.24) is 30.0 Å². The molecule has 0 unspecified atom stereocenters. The van der Waals surface area contributed by atoms with E-state index < -0.39 is 0 Å². The van der Waals surface area contributed by atoms with Gasteiger partial charge in [-0.1, -0.05) is 17.3 Å². The summed E-state index contributed by atoms with van der Waals surface area (Å²) in [7, 11) is 1.62. The van der Waals surface area contributed by atoms with Gasteiger partial charge in [0.05, 0.1) is 18.7 Å². The first kappa shape index (κ1) is 19.9. The maximum atomic E-state index is 12.6. The van der Waals surface area contributed by atoms with Gasteiger partial charge in [0.25, 0.3) is 11.8 Å². The number of nitrogens with zero attached hydrogens (tertiary/aromatic N) is 5. The summed E-state index contributed by atoms with van der Waals surface area (Å²) in [6.45, 7) is 1.92. The van der Waals surface area contributed by atoms with Gasteiger partial charge in [0.2, 0.25) is 0 Å². The third kappa shape index (κ3) is 4.09. The molecular formula is C23H22N6O3. The molecule has 1 aromatic carbocycles. The molecule has 0 aliphatic heterocycles. The normalized spacial score (nSPS) is 14.2. The molecule has 1 saturated carbocycles. The Morgan fingerprint density at radius 2 is 2.00 bits per heavy atom. The van der Waals surface area contributed by atoms with E-state index in [4.69, 9.17) is 9.26 Å². The van der Waals surface area contributed by atoms with E-state index in [2.05, 4.69) is 25.4 Å². The van der Waals surface area contributed by atoms with Crippen molar-refractivity contribution in [3.8, 4) is 23.0 Å². The van der Waals surface area contributed by atoms with Crippen molar-refractivity contribution < 1.29 is 14.1 Å². The van der Waals surface area contributed by atoms with E-state index in [0.29, 0.717) is 23.3 Å². The topological polar surface area (TPSA) is 108 Å². The first-order valence-corrected chi connectivity index (χ1v) is 10.4. The lowest BCUT2D eigenvalue weighted by atomic mass is 10.1. The van der Waals surface area contributed by atoms with Crippen molar-refractivity contribution in [3.63, 3.8) is 0 Å². The number of carbonyl (C=O) groups is 1. The van der Waals surface area contributed by atoms with Crippen molar-refractivity contribution >= 4 is 5.91 Å². The minimum Gasteiger partial charge on any atom is -0.497 e. The predicted octanol–water partition coefficient (Wildman–Crippen LogP) is 3.69. The van der Waals surface area contributed by atoms with Crippen LogP contribution in [0.4, 0.5) is 0 Å². The number of imidazole rings is 1. The van der Waals surface area contributed by atoms with Crippen LogP contribution >= 0.6 is 0 Å². The van der Waals surface area contributed by atoms with Gasteiger partial charge in [0, 0.05) is 18.3 Å². The maximum Gasteiger partial charge on any atom is 0.271 e. The summed E-state index contributed by atoms with van der Waals surface area (Å²) >= 11 is 0. The Kier molecular flexibility index (Phi) is 5.14. The summed E-state index contributed by atoms with van der Waals surface area (Å²) in [5.41, 5.74) is 2.03. The lowest BCUT2D eigenvalue weighted by molar-refractivity contribution is 0.0935. The molecule has 1 fully saturated rings. The van der Waals surface area contributed by atoms with E-state index >= 15 is 0 Å². The largest absolute Gasteiger partial charge is 0.497 e. The van der Waals surface area contributed by atoms with Crippen molar-refractivity contribution in [2.75, 3.05) is 7.11 Å². The number of nitrogens with one attached hydrogen (secondary N) is 1. The molecule has 1 aliphatic rings. The molecule has 3 heterocycles. The highest BCUT2D eigenvalue weighted by molar-refractivity contribution is 5.92. The van der Waals surface area contributed by atoms with E-state index in [0.717, 1.165) is 35.5 Å². The van der Waals surface area contributed by atoms with Crippen molar-refractivity contribution in [2.24, 2.45) is 0 Å². The maximum absolute atomic E-state index is 12.6. The second kappa shape index (κ2) is 8.26. The number of pyridine rings is 1. The quantitative estimate of drug-likeness (QED) is 0.476. The highest BCUT2D eigenvalue weighted by Gasteiger charge is 2.29. The molecule has 0 bridgehead atoms. The molecule has 3 aromatic heterocycles. The molecule has 5 rings (SSSR count). The molecule has 9 nitrogen and oxygen atoms in total. The van der Waals surface area contributed by atoms with Gasteiger partial charge in [-0.3, -0.25) is 9.36 Å². The molecule has 32 heavy (non-hydrogen) atoms. The Morgan fingerprint density at radius 3 is 2.69 bits per heavy atom. The van der Waals surface area contributed by atoms with E-state index in [-0.39, 0.29) is 11.9 Å². The van der Waals surface area contributed by atoms with Gasteiger partial charge in [-0.05, 0) is 49.6 Å². The van der Waals surface area contributed by atoms with Gasteiger partial charge in [0.1, 0.15) is 23.6 Å². The first-order valence-electron chi connectivity index (χ1n) is 10.4. The molecule has 1 amide bonds. The molecule has 9 heteroatoms. The fraction of sp³-hybridized carbons (Fsp3) is 0.261. The minimum atomic E-state index is -0.262. The summed E-state index contributed by atoms with van der Waals surface area (Å²) < 4.78 is 12.2. The number of amides is 1. The predicted molar refractivity (Wildman–Crippen MR) is 116 cm³/mol. The molecule has 4 aromatic rings. The standard InChI is InChI=1S/C23H22N6O3/c1-14(15-5-8-18(31-2)9-6-15)26-22(30)19-12-29(13-25-19)20-10-7-17(11-24-20)23-27-21(28-32-23)16-3-4-16/h5-14,16H,3-4H2,1-2H3,(H,26,30)/t14-/m0/s1. The van der Waals surface area contributed by atoms with Crippen LogP contribution in [0.25, 0.3) is 17.3 Å². The zero-order valence-electron chi connectivity index (χ0n) is 17.7. The van der Waals surface area contributed by atoms with Crippen LogP contribution in [0.1, 0.15) is 53.6 Å². The number of hydrogen-bond donors (Lipinski definition) is 1. The summed E-state index contributed by atoms with van der Waals surface area (Å²) in [5, 5.41) is 6.99. The van der Waals surface area contributed by atoms with Crippen LogP contribution < -0.4 is 10.1 Å². The SMILES string of the molecule is COc1ccc([C@H](C)NC(=O)c2cn(-c3ccc(-c4nc(C5CC5)no4)cn3)cn2)cc1. The van der Waals surface area contributed by atoms with Crippen LogP contribution in [0.3, 0.4) is 0 Å². The van der Waals surface area contributed by atoms with Gasteiger partial charge in [-0.15, -0.1) is 0 Å². The van der Waals surface area contributed by atoms with Gasteiger partial charge in [0.15, 0.2) is 5.82 Å².